The number of carbonyl (C=O) groups excluding carboxylic acids is 1. The molecule has 0 bridgehead atoms. The van der Waals surface area contributed by atoms with Gasteiger partial charge >= 0.3 is 11.9 Å². The first-order valence-corrected chi connectivity index (χ1v) is 9.25. The molecule has 0 atom stereocenters. The minimum atomic E-state index is -0.968. The van der Waals surface area contributed by atoms with E-state index in [0.29, 0.717) is 23.5 Å². The second kappa shape index (κ2) is 8.56. The van der Waals surface area contributed by atoms with Gasteiger partial charge in [-0.1, -0.05) is 12.1 Å². The van der Waals surface area contributed by atoms with Gasteiger partial charge in [0.15, 0.2) is 0 Å². The maximum absolute atomic E-state index is 11.7. The van der Waals surface area contributed by atoms with E-state index in [1.807, 2.05) is 30.5 Å². The molecule has 6 nitrogen and oxygen atoms in total. The largest absolute Gasteiger partial charge is 0.478 e. The maximum atomic E-state index is 11.7. The van der Waals surface area contributed by atoms with Crippen LogP contribution >= 0.6 is 0 Å². The van der Waals surface area contributed by atoms with Crippen molar-refractivity contribution >= 4 is 23.8 Å². The van der Waals surface area contributed by atoms with E-state index < -0.39 is 5.97 Å². The Bertz CT molecular complexity index is 1080. The minimum Gasteiger partial charge on any atom is -0.478 e. The van der Waals surface area contributed by atoms with Crippen LogP contribution in [0.5, 0.6) is 0 Å². The average molecular weight is 390 g/mol. The fourth-order valence-electron chi connectivity index (χ4n) is 3.18. The minimum absolute atomic E-state index is 0.243. The molecule has 3 aromatic rings. The summed E-state index contributed by atoms with van der Waals surface area (Å²) in [5.41, 5.74) is 4.74. The van der Waals surface area contributed by atoms with E-state index in [1.165, 1.54) is 0 Å². The number of aromatic carboxylic acids is 1. The quantitative estimate of drug-likeness (QED) is 0.488. The Labute approximate surface area is 169 Å². The Balaban J connectivity index is 1.90. The Morgan fingerprint density at radius 2 is 1.79 bits per heavy atom. The number of esters is 1. The third kappa shape index (κ3) is 4.27. The molecule has 6 heteroatoms. The lowest BCUT2D eigenvalue weighted by atomic mass is 10.1. The van der Waals surface area contributed by atoms with Crippen molar-refractivity contribution in [1.82, 2.24) is 4.57 Å². The number of carbonyl (C=O) groups is 2. The molecule has 3 rings (SSSR count). The van der Waals surface area contributed by atoms with Crippen LogP contribution in [-0.2, 0) is 4.74 Å². The highest BCUT2D eigenvalue weighted by Crippen LogP contribution is 2.23. The number of benzene rings is 2. The number of ether oxygens (including phenoxy) is 1. The van der Waals surface area contributed by atoms with Gasteiger partial charge in [-0.2, -0.15) is 0 Å². The van der Waals surface area contributed by atoms with Gasteiger partial charge in [0, 0.05) is 23.2 Å². The lowest BCUT2D eigenvalue weighted by Gasteiger charge is -2.12. The zero-order chi connectivity index (χ0) is 21.0. The van der Waals surface area contributed by atoms with Crippen molar-refractivity contribution in [1.29, 1.82) is 0 Å². The Kier molecular flexibility index (Phi) is 5.93. The van der Waals surface area contributed by atoms with Gasteiger partial charge in [-0.15, -0.1) is 0 Å². The lowest BCUT2D eigenvalue weighted by Crippen LogP contribution is -2.07. The van der Waals surface area contributed by atoms with Crippen molar-refractivity contribution in [2.75, 3.05) is 6.61 Å². The molecular weight excluding hydrogens is 368 g/mol. The summed E-state index contributed by atoms with van der Waals surface area (Å²) in [4.78, 5) is 27.8. The third-order valence-electron chi connectivity index (χ3n) is 4.58. The first kappa shape index (κ1) is 20.1. The molecule has 0 saturated heterocycles. The monoisotopic (exact) mass is 390 g/mol. The lowest BCUT2D eigenvalue weighted by molar-refractivity contribution is 0.0526. The van der Waals surface area contributed by atoms with Crippen LogP contribution in [0, 0.1) is 13.8 Å². The van der Waals surface area contributed by atoms with Crippen LogP contribution in [0.4, 0.5) is 5.69 Å². The number of hydrogen-bond acceptors (Lipinski definition) is 4. The number of aryl methyl sites for hydroxylation is 1. The van der Waals surface area contributed by atoms with Crippen LogP contribution in [0.15, 0.2) is 59.6 Å². The summed E-state index contributed by atoms with van der Waals surface area (Å²) in [6.45, 7) is 5.95. The van der Waals surface area contributed by atoms with Gasteiger partial charge in [0.25, 0.3) is 0 Å². The molecular formula is C23H22N2O4. The van der Waals surface area contributed by atoms with E-state index in [-0.39, 0.29) is 11.5 Å². The molecule has 1 N–H and O–H groups in total. The third-order valence-corrected chi connectivity index (χ3v) is 4.58. The SMILES string of the molecule is CCOC(=O)c1ccc(N=Cc2cc(C)n(-c3ccccc3C(=O)O)c2C)cc1. The van der Waals surface area contributed by atoms with E-state index in [4.69, 9.17) is 4.74 Å². The summed E-state index contributed by atoms with van der Waals surface area (Å²) in [5, 5.41) is 9.49. The van der Waals surface area contributed by atoms with E-state index in [9.17, 15) is 14.7 Å². The van der Waals surface area contributed by atoms with Crippen LogP contribution in [-0.4, -0.2) is 34.4 Å². The predicted molar refractivity (Wildman–Crippen MR) is 112 cm³/mol. The molecule has 0 aliphatic rings. The van der Waals surface area contributed by atoms with Crippen LogP contribution in [0.2, 0.25) is 0 Å². The van der Waals surface area contributed by atoms with Crippen molar-refractivity contribution in [3.63, 3.8) is 0 Å². The van der Waals surface area contributed by atoms with E-state index >= 15 is 0 Å². The van der Waals surface area contributed by atoms with Gasteiger partial charge in [0.1, 0.15) is 0 Å². The summed E-state index contributed by atoms with van der Waals surface area (Å²) in [6, 6.07) is 15.7. The van der Waals surface area contributed by atoms with Crippen molar-refractivity contribution < 1.29 is 19.4 Å². The molecule has 148 valence electrons. The molecule has 0 spiro atoms. The number of hydrogen-bond donors (Lipinski definition) is 1. The Morgan fingerprint density at radius 3 is 2.45 bits per heavy atom. The number of carboxylic acids is 1. The van der Waals surface area contributed by atoms with Gasteiger partial charge in [-0.3, -0.25) is 4.99 Å². The number of para-hydroxylation sites is 1. The fourth-order valence-corrected chi connectivity index (χ4v) is 3.18. The van der Waals surface area contributed by atoms with E-state index in [2.05, 4.69) is 4.99 Å². The number of aromatic nitrogens is 1. The molecule has 0 aliphatic heterocycles. The summed E-state index contributed by atoms with van der Waals surface area (Å²) in [5.74, 6) is -1.33. The smallest absolute Gasteiger partial charge is 0.338 e. The molecule has 29 heavy (non-hydrogen) atoms. The van der Waals surface area contributed by atoms with Crippen molar-refractivity contribution in [3.05, 3.63) is 82.7 Å². The molecule has 2 aromatic carbocycles. The highest BCUT2D eigenvalue weighted by atomic mass is 16.5. The molecule has 0 fully saturated rings. The van der Waals surface area contributed by atoms with Gasteiger partial charge in [-0.05, 0) is 63.2 Å². The predicted octanol–water partition coefficient (Wildman–Crippen LogP) is 4.72. The van der Waals surface area contributed by atoms with Crippen molar-refractivity contribution in [2.24, 2.45) is 4.99 Å². The highest BCUT2D eigenvalue weighted by molar-refractivity contribution is 5.93. The second-order valence-corrected chi connectivity index (χ2v) is 6.51. The first-order valence-electron chi connectivity index (χ1n) is 9.25. The molecule has 0 saturated carbocycles. The zero-order valence-electron chi connectivity index (χ0n) is 16.5. The van der Waals surface area contributed by atoms with Crippen LogP contribution in [0.1, 0.15) is 44.6 Å². The summed E-state index contributed by atoms with van der Waals surface area (Å²) < 4.78 is 6.89. The number of rotatable bonds is 6. The maximum Gasteiger partial charge on any atom is 0.338 e. The van der Waals surface area contributed by atoms with E-state index in [0.717, 1.165) is 17.0 Å². The second-order valence-electron chi connectivity index (χ2n) is 6.51. The zero-order valence-corrected chi connectivity index (χ0v) is 16.5. The average Bonchev–Trinajstić information content (AvgIpc) is 3.00. The van der Waals surface area contributed by atoms with Crippen LogP contribution in [0.3, 0.4) is 0 Å². The van der Waals surface area contributed by atoms with Gasteiger partial charge in [0.2, 0.25) is 0 Å². The first-order chi connectivity index (χ1) is 13.9. The van der Waals surface area contributed by atoms with Gasteiger partial charge < -0.3 is 14.4 Å². The molecule has 0 unspecified atom stereocenters. The number of aliphatic imine (C=N–C) groups is 1. The van der Waals surface area contributed by atoms with E-state index in [1.54, 1.807) is 55.6 Å². The summed E-state index contributed by atoms with van der Waals surface area (Å²) in [7, 11) is 0. The van der Waals surface area contributed by atoms with Crippen molar-refractivity contribution in [2.45, 2.75) is 20.8 Å². The van der Waals surface area contributed by atoms with Crippen LogP contribution in [0.25, 0.3) is 5.69 Å². The summed E-state index contributed by atoms with van der Waals surface area (Å²) >= 11 is 0. The normalized spacial score (nSPS) is 11.0. The molecule has 1 aromatic heterocycles. The summed E-state index contributed by atoms with van der Waals surface area (Å²) in [6.07, 6.45) is 1.74. The topological polar surface area (TPSA) is 80.9 Å². The number of carboxylic acid groups (broad SMARTS) is 1. The highest BCUT2D eigenvalue weighted by Gasteiger charge is 2.15. The molecule has 1 heterocycles. The molecule has 0 radical (unpaired) electrons. The Morgan fingerprint density at radius 1 is 1.10 bits per heavy atom. The number of nitrogens with zero attached hydrogens (tertiary/aromatic N) is 2. The standard InChI is InChI=1S/C23H22N2O4/c1-4-29-23(28)17-9-11-19(12-10-17)24-14-18-13-15(2)25(16(18)3)21-8-6-5-7-20(21)22(26)27/h5-14H,4H2,1-3H3,(H,26,27). The van der Waals surface area contributed by atoms with Crippen LogP contribution < -0.4 is 0 Å². The molecule has 0 aliphatic carbocycles. The molecule has 0 amide bonds. The van der Waals surface area contributed by atoms with Gasteiger partial charge in [-0.25, -0.2) is 9.59 Å². The Hall–Kier alpha value is -3.67. The fraction of sp³-hybridized carbons (Fsp3) is 0.174. The van der Waals surface area contributed by atoms with Crippen molar-refractivity contribution in [3.8, 4) is 5.69 Å². The van der Waals surface area contributed by atoms with Gasteiger partial charge in [0.05, 0.1) is 29.1 Å².